The van der Waals surface area contributed by atoms with Crippen molar-refractivity contribution in [2.45, 2.75) is 13.0 Å². The molecule has 2 rings (SSSR count). The van der Waals surface area contributed by atoms with Crippen LogP contribution in [-0.4, -0.2) is 24.3 Å². The highest BCUT2D eigenvalue weighted by Crippen LogP contribution is 2.21. The number of amides is 2. The Morgan fingerprint density at radius 2 is 1.77 bits per heavy atom. The molecule has 2 aromatic rings. The Balaban J connectivity index is 1.85. The summed E-state index contributed by atoms with van der Waals surface area (Å²) in [5, 5.41) is 14.1. The summed E-state index contributed by atoms with van der Waals surface area (Å²) in [6.07, 6.45) is 0.549. The first-order valence-corrected chi connectivity index (χ1v) is 7.22. The van der Waals surface area contributed by atoms with Crippen LogP contribution in [0.3, 0.4) is 0 Å². The molecule has 2 aromatic carbocycles. The minimum atomic E-state index is -0.247. The highest BCUT2D eigenvalue weighted by Gasteiger charge is 2.02. The van der Waals surface area contributed by atoms with Gasteiger partial charge >= 0.3 is 6.03 Å². The Kier molecular flexibility index (Phi) is 6.26. The normalized spacial score (nSPS) is 10.0. The molecule has 0 bridgehead atoms. The van der Waals surface area contributed by atoms with E-state index in [1.807, 2.05) is 54.6 Å². The van der Waals surface area contributed by atoms with Crippen molar-refractivity contribution in [2.24, 2.45) is 0 Å². The lowest BCUT2D eigenvalue weighted by atomic mass is 10.2. The Labute approximate surface area is 129 Å². The zero-order valence-electron chi connectivity index (χ0n) is 12.3. The smallest absolute Gasteiger partial charge is 0.315 e. The fourth-order valence-electron chi connectivity index (χ4n) is 1.87. The number of hydrogen-bond donors (Lipinski definition) is 3. The maximum atomic E-state index is 11.5. The lowest BCUT2D eigenvalue weighted by molar-refractivity contribution is 0.237. The first kappa shape index (κ1) is 15.9. The van der Waals surface area contributed by atoms with Crippen LogP contribution >= 0.6 is 0 Å². The van der Waals surface area contributed by atoms with Gasteiger partial charge in [0.2, 0.25) is 0 Å². The van der Waals surface area contributed by atoms with Crippen molar-refractivity contribution >= 4 is 6.03 Å². The molecule has 116 valence electrons. The van der Waals surface area contributed by atoms with E-state index in [0.717, 1.165) is 17.1 Å². The highest BCUT2D eigenvalue weighted by atomic mass is 16.5. The minimum Gasteiger partial charge on any atom is -0.457 e. The number of rotatable bonds is 7. The molecule has 0 heterocycles. The van der Waals surface area contributed by atoms with Gasteiger partial charge in [0.15, 0.2) is 0 Å². The Morgan fingerprint density at radius 1 is 1.00 bits per heavy atom. The molecule has 0 saturated heterocycles. The maximum absolute atomic E-state index is 11.5. The fraction of sp³-hybridized carbons (Fsp3) is 0.235. The van der Waals surface area contributed by atoms with Gasteiger partial charge in [-0.05, 0) is 36.2 Å². The van der Waals surface area contributed by atoms with Crippen LogP contribution in [-0.2, 0) is 6.54 Å². The molecule has 2 amide bonds. The molecule has 0 atom stereocenters. The van der Waals surface area contributed by atoms with Gasteiger partial charge in [0.1, 0.15) is 11.5 Å². The number of para-hydroxylation sites is 1. The minimum absolute atomic E-state index is 0.0686. The van der Waals surface area contributed by atoms with Gasteiger partial charge < -0.3 is 20.5 Å². The first-order chi connectivity index (χ1) is 10.8. The van der Waals surface area contributed by atoms with Crippen molar-refractivity contribution < 1.29 is 14.6 Å². The average Bonchev–Trinajstić information content (AvgIpc) is 2.55. The van der Waals surface area contributed by atoms with E-state index in [4.69, 9.17) is 9.84 Å². The summed E-state index contributed by atoms with van der Waals surface area (Å²) in [6.45, 7) is 0.940. The van der Waals surface area contributed by atoms with E-state index in [1.165, 1.54) is 0 Å². The molecule has 22 heavy (non-hydrogen) atoms. The van der Waals surface area contributed by atoms with Crippen molar-refractivity contribution in [1.82, 2.24) is 10.6 Å². The van der Waals surface area contributed by atoms with Gasteiger partial charge in [-0.3, -0.25) is 0 Å². The summed E-state index contributed by atoms with van der Waals surface area (Å²) in [4.78, 5) is 11.5. The topological polar surface area (TPSA) is 70.6 Å². The van der Waals surface area contributed by atoms with Gasteiger partial charge in [-0.1, -0.05) is 30.3 Å². The van der Waals surface area contributed by atoms with Gasteiger partial charge in [0.05, 0.1) is 0 Å². The van der Waals surface area contributed by atoms with Crippen LogP contribution in [0.15, 0.2) is 54.6 Å². The standard InChI is InChI=1S/C17H20N2O3/c20-11-5-10-18-17(21)19-13-14-6-4-9-16(12-14)22-15-7-2-1-3-8-15/h1-4,6-9,12,20H,5,10-11,13H2,(H2,18,19,21). The van der Waals surface area contributed by atoms with Crippen LogP contribution in [0.2, 0.25) is 0 Å². The lowest BCUT2D eigenvalue weighted by Gasteiger charge is -2.09. The number of hydrogen-bond acceptors (Lipinski definition) is 3. The largest absolute Gasteiger partial charge is 0.457 e. The number of nitrogens with one attached hydrogen (secondary N) is 2. The Hall–Kier alpha value is -2.53. The zero-order valence-corrected chi connectivity index (χ0v) is 12.3. The lowest BCUT2D eigenvalue weighted by Crippen LogP contribution is -2.35. The molecule has 5 heteroatoms. The van der Waals surface area contributed by atoms with Crippen LogP contribution in [0.25, 0.3) is 0 Å². The van der Waals surface area contributed by atoms with Crippen LogP contribution in [0.1, 0.15) is 12.0 Å². The molecule has 0 fully saturated rings. The van der Waals surface area contributed by atoms with Crippen molar-refractivity contribution in [3.8, 4) is 11.5 Å². The quantitative estimate of drug-likeness (QED) is 0.688. The molecular formula is C17H20N2O3. The van der Waals surface area contributed by atoms with E-state index in [2.05, 4.69) is 10.6 Å². The third-order valence-corrected chi connectivity index (χ3v) is 2.95. The summed E-state index contributed by atoms with van der Waals surface area (Å²) < 4.78 is 5.75. The predicted molar refractivity (Wildman–Crippen MR) is 84.9 cm³/mol. The van der Waals surface area contributed by atoms with Gasteiger partial charge in [0, 0.05) is 19.7 Å². The van der Waals surface area contributed by atoms with Crippen LogP contribution in [0.4, 0.5) is 4.79 Å². The van der Waals surface area contributed by atoms with E-state index in [1.54, 1.807) is 0 Å². The number of aliphatic hydroxyl groups is 1. The summed E-state index contributed by atoms with van der Waals surface area (Å²) in [5.41, 5.74) is 0.950. The second-order valence-corrected chi connectivity index (χ2v) is 4.75. The van der Waals surface area contributed by atoms with E-state index in [9.17, 15) is 4.79 Å². The molecule has 0 radical (unpaired) electrons. The number of ether oxygens (including phenoxy) is 1. The third-order valence-electron chi connectivity index (χ3n) is 2.95. The molecule has 0 aliphatic heterocycles. The average molecular weight is 300 g/mol. The highest BCUT2D eigenvalue weighted by molar-refractivity contribution is 5.73. The molecule has 3 N–H and O–H groups in total. The predicted octanol–water partition coefficient (Wildman–Crippen LogP) is 2.66. The monoisotopic (exact) mass is 300 g/mol. The number of carbonyl (C=O) groups excluding carboxylic acids is 1. The van der Waals surface area contributed by atoms with E-state index in [-0.39, 0.29) is 12.6 Å². The number of urea groups is 1. The number of aliphatic hydroxyl groups excluding tert-OH is 1. The molecule has 0 saturated carbocycles. The first-order valence-electron chi connectivity index (χ1n) is 7.22. The van der Waals surface area contributed by atoms with Crippen molar-refractivity contribution in [2.75, 3.05) is 13.2 Å². The maximum Gasteiger partial charge on any atom is 0.315 e. The molecule has 5 nitrogen and oxygen atoms in total. The van der Waals surface area contributed by atoms with Crippen molar-refractivity contribution in [1.29, 1.82) is 0 Å². The van der Waals surface area contributed by atoms with Crippen LogP contribution in [0.5, 0.6) is 11.5 Å². The summed E-state index contributed by atoms with van der Waals surface area (Å²) in [7, 11) is 0. The SMILES string of the molecule is O=C(NCCCO)NCc1cccc(Oc2ccccc2)c1. The summed E-state index contributed by atoms with van der Waals surface area (Å²) >= 11 is 0. The van der Waals surface area contributed by atoms with Crippen molar-refractivity contribution in [3.63, 3.8) is 0 Å². The molecule has 0 aromatic heterocycles. The van der Waals surface area contributed by atoms with E-state index >= 15 is 0 Å². The summed E-state index contributed by atoms with van der Waals surface area (Å²) in [6, 6.07) is 16.9. The fourth-order valence-corrected chi connectivity index (χ4v) is 1.87. The van der Waals surface area contributed by atoms with Gasteiger partial charge in [-0.2, -0.15) is 0 Å². The molecule has 0 aliphatic rings. The Bertz CT molecular complexity index is 587. The zero-order chi connectivity index (χ0) is 15.6. The van der Waals surface area contributed by atoms with Gasteiger partial charge in [0.25, 0.3) is 0 Å². The third kappa shape index (κ3) is 5.46. The molecule has 0 spiro atoms. The van der Waals surface area contributed by atoms with Gasteiger partial charge in [-0.25, -0.2) is 4.79 Å². The molecular weight excluding hydrogens is 280 g/mol. The van der Waals surface area contributed by atoms with E-state index < -0.39 is 0 Å². The summed E-state index contributed by atoms with van der Waals surface area (Å²) in [5.74, 6) is 1.50. The number of carbonyl (C=O) groups is 1. The number of benzene rings is 2. The second-order valence-electron chi connectivity index (χ2n) is 4.75. The molecule has 0 aliphatic carbocycles. The molecule has 0 unspecified atom stereocenters. The van der Waals surface area contributed by atoms with Crippen molar-refractivity contribution in [3.05, 3.63) is 60.2 Å². The van der Waals surface area contributed by atoms with Crippen LogP contribution in [0, 0.1) is 0 Å². The second kappa shape index (κ2) is 8.69. The van der Waals surface area contributed by atoms with Gasteiger partial charge in [-0.15, -0.1) is 0 Å². The van der Waals surface area contributed by atoms with E-state index in [0.29, 0.717) is 19.5 Å². The van der Waals surface area contributed by atoms with Crippen LogP contribution < -0.4 is 15.4 Å². The Morgan fingerprint density at radius 3 is 2.55 bits per heavy atom.